The highest BCUT2D eigenvalue weighted by Crippen LogP contribution is 2.15. The number of nitrogens with zero attached hydrogens (tertiary/aromatic N) is 4. The van der Waals surface area contributed by atoms with E-state index in [1.807, 2.05) is 26.8 Å². The second-order valence-electron chi connectivity index (χ2n) is 4.58. The maximum atomic E-state index is 12.0. The van der Waals surface area contributed by atoms with E-state index in [1.54, 1.807) is 16.4 Å². The van der Waals surface area contributed by atoms with E-state index in [0.717, 1.165) is 17.1 Å². The maximum Gasteiger partial charge on any atom is 0.247 e. The highest BCUT2D eigenvalue weighted by molar-refractivity contribution is 5.89. The van der Waals surface area contributed by atoms with Gasteiger partial charge in [0.2, 0.25) is 5.91 Å². The number of carbonyl (C=O) groups excluding carboxylic acids is 1. The molecule has 2 aromatic heterocycles. The number of hydrogen-bond donors (Lipinski definition) is 2. The summed E-state index contributed by atoms with van der Waals surface area (Å²) in [4.78, 5) is 12.0. The Labute approximate surface area is 111 Å². The van der Waals surface area contributed by atoms with Gasteiger partial charge in [0.15, 0.2) is 0 Å². The van der Waals surface area contributed by atoms with Crippen LogP contribution in [0, 0.1) is 20.8 Å². The minimum atomic E-state index is -0.159. The van der Waals surface area contributed by atoms with Crippen molar-refractivity contribution in [1.82, 2.24) is 19.6 Å². The normalized spacial score (nSPS) is 10.7. The van der Waals surface area contributed by atoms with Crippen molar-refractivity contribution in [3.05, 3.63) is 23.1 Å². The van der Waals surface area contributed by atoms with Gasteiger partial charge in [0.05, 0.1) is 22.8 Å². The molecule has 2 aromatic rings. The van der Waals surface area contributed by atoms with Crippen LogP contribution in [0.15, 0.2) is 6.07 Å². The standard InChI is InChI=1S/C12H18N6O/c1-7-5-10(17(4)15-7)14-11(19)6-18-9(3)12(13)8(2)16-18/h5H,6,13H2,1-4H3,(H,14,19). The van der Waals surface area contributed by atoms with Crippen LogP contribution in [0.25, 0.3) is 0 Å². The molecule has 0 aliphatic carbocycles. The van der Waals surface area contributed by atoms with Gasteiger partial charge in [-0.3, -0.25) is 14.2 Å². The van der Waals surface area contributed by atoms with Gasteiger partial charge in [-0.05, 0) is 20.8 Å². The van der Waals surface area contributed by atoms with Gasteiger partial charge < -0.3 is 11.1 Å². The summed E-state index contributed by atoms with van der Waals surface area (Å²) >= 11 is 0. The minimum Gasteiger partial charge on any atom is -0.396 e. The molecule has 19 heavy (non-hydrogen) atoms. The number of hydrogen-bond acceptors (Lipinski definition) is 4. The molecular weight excluding hydrogens is 244 g/mol. The van der Waals surface area contributed by atoms with E-state index in [4.69, 9.17) is 5.73 Å². The van der Waals surface area contributed by atoms with Gasteiger partial charge in [-0.25, -0.2) is 0 Å². The number of amides is 1. The van der Waals surface area contributed by atoms with E-state index in [2.05, 4.69) is 15.5 Å². The van der Waals surface area contributed by atoms with Gasteiger partial charge in [0.1, 0.15) is 12.4 Å². The molecule has 0 saturated heterocycles. The van der Waals surface area contributed by atoms with E-state index >= 15 is 0 Å². The summed E-state index contributed by atoms with van der Waals surface area (Å²) in [6, 6.07) is 1.81. The number of aromatic nitrogens is 4. The Morgan fingerprint density at radius 2 is 2.05 bits per heavy atom. The van der Waals surface area contributed by atoms with Gasteiger partial charge in [-0.15, -0.1) is 0 Å². The van der Waals surface area contributed by atoms with E-state index < -0.39 is 0 Å². The largest absolute Gasteiger partial charge is 0.396 e. The molecule has 102 valence electrons. The fourth-order valence-corrected chi connectivity index (χ4v) is 1.91. The first-order valence-electron chi connectivity index (χ1n) is 5.98. The Morgan fingerprint density at radius 3 is 2.53 bits per heavy atom. The third kappa shape index (κ3) is 2.59. The van der Waals surface area contributed by atoms with Crippen LogP contribution in [0.2, 0.25) is 0 Å². The zero-order valence-corrected chi connectivity index (χ0v) is 11.6. The summed E-state index contributed by atoms with van der Waals surface area (Å²) in [6.07, 6.45) is 0. The van der Waals surface area contributed by atoms with Gasteiger partial charge in [0.25, 0.3) is 0 Å². The topological polar surface area (TPSA) is 90.8 Å². The highest BCUT2D eigenvalue weighted by Gasteiger charge is 2.12. The molecule has 2 rings (SSSR count). The van der Waals surface area contributed by atoms with E-state index in [-0.39, 0.29) is 12.5 Å². The molecule has 0 saturated carbocycles. The number of anilines is 2. The number of aryl methyl sites for hydroxylation is 3. The summed E-state index contributed by atoms with van der Waals surface area (Å²) in [5.74, 6) is 0.505. The lowest BCUT2D eigenvalue weighted by Gasteiger charge is -2.06. The molecule has 1 amide bonds. The molecule has 0 atom stereocenters. The van der Waals surface area contributed by atoms with Crippen LogP contribution < -0.4 is 11.1 Å². The van der Waals surface area contributed by atoms with Crippen molar-refractivity contribution in [2.75, 3.05) is 11.1 Å². The summed E-state index contributed by atoms with van der Waals surface area (Å²) in [5, 5.41) is 11.2. The number of nitrogen functional groups attached to an aromatic ring is 1. The minimum absolute atomic E-state index is 0.133. The van der Waals surface area contributed by atoms with Crippen molar-refractivity contribution in [2.45, 2.75) is 27.3 Å². The van der Waals surface area contributed by atoms with Crippen molar-refractivity contribution in [2.24, 2.45) is 7.05 Å². The lowest BCUT2D eigenvalue weighted by atomic mass is 10.3. The summed E-state index contributed by atoms with van der Waals surface area (Å²) < 4.78 is 3.23. The number of carbonyl (C=O) groups is 1. The average molecular weight is 262 g/mol. The molecule has 0 bridgehead atoms. The molecule has 3 N–H and O–H groups in total. The fourth-order valence-electron chi connectivity index (χ4n) is 1.91. The average Bonchev–Trinajstić information content (AvgIpc) is 2.75. The van der Waals surface area contributed by atoms with E-state index in [0.29, 0.717) is 11.5 Å². The second-order valence-corrected chi connectivity index (χ2v) is 4.58. The number of nitrogens with one attached hydrogen (secondary N) is 1. The molecule has 0 aromatic carbocycles. The third-order valence-corrected chi connectivity index (χ3v) is 3.00. The SMILES string of the molecule is Cc1cc(NC(=O)Cn2nc(C)c(N)c2C)n(C)n1. The molecule has 0 aliphatic heterocycles. The van der Waals surface area contributed by atoms with Crippen molar-refractivity contribution in [3.63, 3.8) is 0 Å². The zero-order chi connectivity index (χ0) is 14.2. The quantitative estimate of drug-likeness (QED) is 0.854. The third-order valence-electron chi connectivity index (χ3n) is 3.00. The first-order chi connectivity index (χ1) is 8.88. The van der Waals surface area contributed by atoms with Crippen LogP contribution in [0.4, 0.5) is 11.5 Å². The molecule has 0 unspecified atom stereocenters. The van der Waals surface area contributed by atoms with Gasteiger partial charge in [-0.1, -0.05) is 0 Å². The lowest BCUT2D eigenvalue weighted by Crippen LogP contribution is -2.21. The molecule has 0 aliphatic rings. The molecule has 7 heteroatoms. The van der Waals surface area contributed by atoms with Gasteiger partial charge in [0, 0.05) is 13.1 Å². The monoisotopic (exact) mass is 262 g/mol. The van der Waals surface area contributed by atoms with Crippen molar-refractivity contribution in [3.8, 4) is 0 Å². The number of nitrogens with two attached hydrogens (primary N) is 1. The van der Waals surface area contributed by atoms with Crippen LogP contribution in [-0.2, 0) is 18.4 Å². The van der Waals surface area contributed by atoms with Crippen LogP contribution in [0.1, 0.15) is 17.1 Å². The molecule has 7 nitrogen and oxygen atoms in total. The molecule has 0 radical (unpaired) electrons. The van der Waals surface area contributed by atoms with Crippen LogP contribution in [0.3, 0.4) is 0 Å². The Kier molecular flexibility index (Phi) is 3.28. The Bertz CT molecular complexity index is 624. The van der Waals surface area contributed by atoms with Gasteiger partial charge in [-0.2, -0.15) is 10.2 Å². The Hall–Kier alpha value is -2.31. The van der Waals surface area contributed by atoms with Crippen molar-refractivity contribution >= 4 is 17.4 Å². The first-order valence-corrected chi connectivity index (χ1v) is 5.98. The molecule has 0 spiro atoms. The zero-order valence-electron chi connectivity index (χ0n) is 11.6. The predicted octanol–water partition coefficient (Wildman–Crippen LogP) is 0.763. The van der Waals surface area contributed by atoms with Crippen LogP contribution >= 0.6 is 0 Å². The second kappa shape index (κ2) is 4.75. The maximum absolute atomic E-state index is 12.0. The van der Waals surface area contributed by atoms with E-state index in [1.165, 1.54) is 0 Å². The summed E-state index contributed by atoms with van der Waals surface area (Å²) in [5.41, 5.74) is 8.85. The highest BCUT2D eigenvalue weighted by atomic mass is 16.2. The van der Waals surface area contributed by atoms with Crippen molar-refractivity contribution < 1.29 is 4.79 Å². The lowest BCUT2D eigenvalue weighted by molar-refractivity contribution is -0.117. The van der Waals surface area contributed by atoms with Gasteiger partial charge >= 0.3 is 0 Å². The predicted molar refractivity (Wildman–Crippen MR) is 72.7 cm³/mol. The molecular formula is C12H18N6O. The summed E-state index contributed by atoms with van der Waals surface area (Å²) in [7, 11) is 1.78. The molecule has 0 fully saturated rings. The molecule has 2 heterocycles. The Morgan fingerprint density at radius 1 is 1.37 bits per heavy atom. The fraction of sp³-hybridized carbons (Fsp3) is 0.417. The Balaban J connectivity index is 2.09. The summed E-state index contributed by atoms with van der Waals surface area (Å²) in [6.45, 7) is 5.67. The smallest absolute Gasteiger partial charge is 0.247 e. The van der Waals surface area contributed by atoms with Crippen LogP contribution in [0.5, 0.6) is 0 Å². The first kappa shape index (κ1) is 13.1. The number of rotatable bonds is 3. The van der Waals surface area contributed by atoms with Crippen LogP contribution in [-0.4, -0.2) is 25.5 Å². The van der Waals surface area contributed by atoms with E-state index in [9.17, 15) is 4.79 Å². The van der Waals surface area contributed by atoms with Crippen molar-refractivity contribution in [1.29, 1.82) is 0 Å².